The number of fused-ring (bicyclic) bond motifs is 1. The van der Waals surface area contributed by atoms with Crippen LogP contribution in [0.1, 0.15) is 31.2 Å². The third-order valence-electron chi connectivity index (χ3n) is 5.59. The smallest absolute Gasteiger partial charge is 0.385 e. The highest BCUT2D eigenvalue weighted by Gasteiger charge is 2.56. The second-order valence-corrected chi connectivity index (χ2v) is 9.38. The molecule has 13 heteroatoms. The molecule has 12 nitrogen and oxygen atoms in total. The molecule has 0 amide bonds. The van der Waals surface area contributed by atoms with E-state index in [0.717, 1.165) is 0 Å². The standard InChI is InChI=1S/C19H22N5O7P/c1-19(26)14(25)17(29-18(19)24-7-4-12-15(20)22-10-23-16(12)24)31-32(27)28-8-5-13(30-32)11-3-2-6-21-9-11/h2-4,6-7,9-10,13-14,17-18,25-26H,5,8H2,1H3,(H2,20,22,23)/t13-,14+,17?,18+,19+,32-/m0/s1. The molecule has 6 atom stereocenters. The Morgan fingerprint density at radius 2 is 2.22 bits per heavy atom. The van der Waals surface area contributed by atoms with Crippen molar-refractivity contribution in [2.75, 3.05) is 12.3 Å². The minimum Gasteiger partial charge on any atom is -0.385 e. The minimum atomic E-state index is -4.12. The first-order chi connectivity index (χ1) is 15.3. The number of anilines is 1. The van der Waals surface area contributed by atoms with Crippen LogP contribution in [0.15, 0.2) is 43.1 Å². The summed E-state index contributed by atoms with van der Waals surface area (Å²) in [6.45, 7) is 1.48. The molecule has 0 saturated carbocycles. The first-order valence-electron chi connectivity index (χ1n) is 9.93. The summed E-state index contributed by atoms with van der Waals surface area (Å²) in [5.74, 6) is 0.259. The van der Waals surface area contributed by atoms with Gasteiger partial charge in [0, 0.05) is 25.0 Å². The van der Waals surface area contributed by atoms with Crippen LogP contribution in [0.5, 0.6) is 0 Å². The zero-order valence-corrected chi connectivity index (χ0v) is 17.9. The molecule has 1 unspecified atom stereocenters. The molecule has 4 N–H and O–H groups in total. The summed E-state index contributed by atoms with van der Waals surface area (Å²) in [5.41, 5.74) is 5.16. The number of phosphoric ester groups is 1. The van der Waals surface area contributed by atoms with E-state index in [1.165, 1.54) is 17.8 Å². The Balaban J connectivity index is 1.39. The van der Waals surface area contributed by atoms with Crippen molar-refractivity contribution in [2.45, 2.75) is 43.7 Å². The van der Waals surface area contributed by atoms with Crippen LogP contribution < -0.4 is 5.73 Å². The van der Waals surface area contributed by atoms with Crippen LogP contribution in [0.3, 0.4) is 0 Å². The highest BCUT2D eigenvalue weighted by atomic mass is 31.2. The van der Waals surface area contributed by atoms with E-state index in [-0.39, 0.29) is 12.4 Å². The molecule has 0 bridgehead atoms. The first kappa shape index (κ1) is 21.4. The van der Waals surface area contributed by atoms with Crippen molar-refractivity contribution in [1.29, 1.82) is 0 Å². The third-order valence-corrected chi connectivity index (χ3v) is 7.06. The molecule has 2 aliphatic heterocycles. The third kappa shape index (κ3) is 3.59. The van der Waals surface area contributed by atoms with Crippen molar-refractivity contribution in [3.05, 3.63) is 48.7 Å². The first-order valence-corrected chi connectivity index (χ1v) is 11.4. The number of hydrogen-bond donors (Lipinski definition) is 3. The molecule has 0 radical (unpaired) electrons. The summed E-state index contributed by atoms with van der Waals surface area (Å²) in [4.78, 5) is 12.2. The Hall–Kier alpha value is -2.44. The Morgan fingerprint density at radius 3 is 3.00 bits per heavy atom. The molecule has 2 fully saturated rings. The van der Waals surface area contributed by atoms with Gasteiger partial charge in [-0.25, -0.2) is 14.5 Å². The van der Waals surface area contributed by atoms with Crippen LogP contribution >= 0.6 is 7.82 Å². The van der Waals surface area contributed by atoms with Crippen molar-refractivity contribution in [3.63, 3.8) is 0 Å². The highest BCUT2D eigenvalue weighted by Crippen LogP contribution is 2.59. The summed E-state index contributed by atoms with van der Waals surface area (Å²) in [7, 11) is -4.12. The van der Waals surface area contributed by atoms with Crippen LogP contribution in [0, 0.1) is 0 Å². The number of pyridine rings is 1. The number of nitrogens with two attached hydrogens (primary N) is 1. The van der Waals surface area contributed by atoms with Crippen molar-refractivity contribution >= 4 is 24.7 Å². The number of phosphoric acid groups is 1. The van der Waals surface area contributed by atoms with Crippen LogP contribution in [0.2, 0.25) is 0 Å². The maximum absolute atomic E-state index is 13.2. The number of hydrogen-bond acceptors (Lipinski definition) is 11. The zero-order chi connectivity index (χ0) is 22.5. The Labute approximate surface area is 182 Å². The molecule has 3 aromatic heterocycles. The normalized spacial score (nSPS) is 35.3. The van der Waals surface area contributed by atoms with Gasteiger partial charge in [0.1, 0.15) is 29.5 Å². The quantitative estimate of drug-likeness (QED) is 0.482. The van der Waals surface area contributed by atoms with E-state index in [4.69, 9.17) is 24.0 Å². The van der Waals surface area contributed by atoms with E-state index in [2.05, 4.69) is 15.0 Å². The Morgan fingerprint density at radius 1 is 1.38 bits per heavy atom. The lowest BCUT2D eigenvalue weighted by Gasteiger charge is -2.31. The molecule has 32 heavy (non-hydrogen) atoms. The lowest BCUT2D eigenvalue weighted by molar-refractivity contribution is -0.145. The van der Waals surface area contributed by atoms with Gasteiger partial charge in [-0.3, -0.25) is 18.6 Å². The lowest BCUT2D eigenvalue weighted by atomic mass is 9.99. The zero-order valence-electron chi connectivity index (χ0n) is 17.0. The molecule has 3 aromatic rings. The molecular weight excluding hydrogens is 441 g/mol. The van der Waals surface area contributed by atoms with Crippen molar-refractivity contribution < 1.29 is 33.1 Å². The summed E-state index contributed by atoms with van der Waals surface area (Å²) < 4.78 is 36.8. The number of aliphatic hydroxyl groups is 2. The van der Waals surface area contributed by atoms with Crippen molar-refractivity contribution in [1.82, 2.24) is 19.5 Å². The van der Waals surface area contributed by atoms with Gasteiger partial charge in [0.15, 0.2) is 6.23 Å². The number of aromatic nitrogens is 4. The SMILES string of the molecule is C[C@@]1(O)[C@H](O)C(O[P@@]2(=O)OCC[C@@H](c3cccnc3)O2)O[C@H]1n1ccc2c(N)ncnc21. The number of rotatable bonds is 4. The number of aliphatic hydroxyl groups excluding tert-OH is 1. The summed E-state index contributed by atoms with van der Waals surface area (Å²) in [5, 5.41) is 22.3. The van der Waals surface area contributed by atoms with E-state index >= 15 is 0 Å². The summed E-state index contributed by atoms with van der Waals surface area (Å²) in [6, 6.07) is 5.20. The Kier molecular flexibility index (Phi) is 5.25. The largest absolute Gasteiger partial charge is 0.477 e. The second-order valence-electron chi connectivity index (χ2n) is 7.80. The second kappa shape index (κ2) is 7.85. The van der Waals surface area contributed by atoms with Crippen LogP contribution in [0.25, 0.3) is 11.0 Å². The summed E-state index contributed by atoms with van der Waals surface area (Å²) >= 11 is 0. The molecule has 5 rings (SSSR count). The van der Waals surface area contributed by atoms with Crippen LogP contribution in [0.4, 0.5) is 5.82 Å². The van der Waals surface area contributed by atoms with Crippen molar-refractivity contribution in [3.8, 4) is 0 Å². The van der Waals surface area contributed by atoms with E-state index in [9.17, 15) is 14.8 Å². The highest BCUT2D eigenvalue weighted by molar-refractivity contribution is 7.48. The van der Waals surface area contributed by atoms with Gasteiger partial charge in [0.05, 0.1) is 18.1 Å². The molecule has 2 aliphatic rings. The van der Waals surface area contributed by atoms with Crippen LogP contribution in [-0.4, -0.2) is 54.3 Å². The number of nitrogen functional groups attached to an aromatic ring is 1. The van der Waals surface area contributed by atoms with Gasteiger partial charge < -0.3 is 25.3 Å². The fourth-order valence-corrected chi connectivity index (χ4v) is 5.32. The molecule has 5 heterocycles. The van der Waals surface area contributed by atoms with E-state index in [1.54, 1.807) is 36.8 Å². The van der Waals surface area contributed by atoms with Gasteiger partial charge in [-0.1, -0.05) is 6.07 Å². The van der Waals surface area contributed by atoms with Gasteiger partial charge in [-0.05, 0) is 24.6 Å². The van der Waals surface area contributed by atoms with Gasteiger partial charge in [0.25, 0.3) is 0 Å². The fraction of sp³-hybridized carbons (Fsp3) is 0.421. The molecule has 0 aromatic carbocycles. The van der Waals surface area contributed by atoms with Crippen molar-refractivity contribution in [2.24, 2.45) is 0 Å². The average Bonchev–Trinajstić information content (AvgIpc) is 3.29. The Bertz CT molecular complexity index is 1170. The van der Waals surface area contributed by atoms with Gasteiger partial charge in [-0.15, -0.1) is 0 Å². The minimum absolute atomic E-state index is 0.109. The molecule has 2 saturated heterocycles. The van der Waals surface area contributed by atoms with Gasteiger partial charge >= 0.3 is 7.82 Å². The maximum atomic E-state index is 13.2. The predicted molar refractivity (Wildman–Crippen MR) is 110 cm³/mol. The number of ether oxygens (including phenoxy) is 1. The maximum Gasteiger partial charge on any atom is 0.477 e. The summed E-state index contributed by atoms with van der Waals surface area (Å²) in [6.07, 6.45) is 1.79. The fourth-order valence-electron chi connectivity index (χ4n) is 3.86. The lowest BCUT2D eigenvalue weighted by Crippen LogP contribution is -2.44. The molecule has 170 valence electrons. The predicted octanol–water partition coefficient (Wildman–Crippen LogP) is 1.68. The molecular formula is C19H22N5O7P. The average molecular weight is 463 g/mol. The topological polar surface area (TPSA) is 164 Å². The monoisotopic (exact) mass is 463 g/mol. The van der Waals surface area contributed by atoms with Gasteiger partial charge in [-0.2, -0.15) is 0 Å². The van der Waals surface area contributed by atoms with E-state index in [1.807, 2.05) is 0 Å². The van der Waals surface area contributed by atoms with Crippen LogP contribution in [-0.2, 0) is 22.9 Å². The van der Waals surface area contributed by atoms with E-state index in [0.29, 0.717) is 23.0 Å². The molecule has 0 spiro atoms. The number of nitrogens with zero attached hydrogens (tertiary/aromatic N) is 4. The van der Waals surface area contributed by atoms with E-state index < -0.39 is 38.1 Å². The molecule has 0 aliphatic carbocycles. The van der Waals surface area contributed by atoms with Gasteiger partial charge in [0.2, 0.25) is 6.29 Å².